The highest BCUT2D eigenvalue weighted by molar-refractivity contribution is 14.1. The number of unbranched alkanes of at least 4 members (excludes halogenated alkanes) is 5. The van der Waals surface area contributed by atoms with E-state index in [4.69, 9.17) is 5.11 Å². The maximum atomic E-state index is 9.15. The Morgan fingerprint density at radius 3 is 1.90 bits per heavy atom. The standard InChI is InChI=1S/C17H36INO.HI/c1-15(2)10-8-6-4-5-7-9-11-17(18)12-13-19-14-16(3)20;/h15-17,19-20H,4-14H2,1-3H3;1H. The Labute approximate surface area is 163 Å². The summed E-state index contributed by atoms with van der Waals surface area (Å²) in [5.41, 5.74) is 0. The summed E-state index contributed by atoms with van der Waals surface area (Å²) >= 11 is 2.58. The highest BCUT2D eigenvalue weighted by atomic mass is 127. The lowest BCUT2D eigenvalue weighted by Gasteiger charge is -2.11. The zero-order chi connectivity index (χ0) is 15.2. The fourth-order valence-corrected chi connectivity index (χ4v) is 3.09. The Morgan fingerprint density at radius 1 is 0.857 bits per heavy atom. The van der Waals surface area contributed by atoms with Gasteiger partial charge in [-0.05, 0) is 32.2 Å². The third-order valence-corrected chi connectivity index (χ3v) is 4.87. The van der Waals surface area contributed by atoms with Crippen LogP contribution in [0.2, 0.25) is 0 Å². The first-order chi connectivity index (χ1) is 9.52. The van der Waals surface area contributed by atoms with Crippen LogP contribution in [0, 0.1) is 5.92 Å². The molecule has 0 aliphatic carbocycles. The van der Waals surface area contributed by atoms with Crippen LogP contribution < -0.4 is 5.32 Å². The molecule has 0 radical (unpaired) electrons. The molecule has 0 aromatic heterocycles. The number of nitrogens with one attached hydrogen (secondary N) is 1. The smallest absolute Gasteiger partial charge is 0.0636 e. The van der Waals surface area contributed by atoms with Gasteiger partial charge in [-0.2, -0.15) is 0 Å². The lowest BCUT2D eigenvalue weighted by atomic mass is 10.0. The van der Waals surface area contributed by atoms with Gasteiger partial charge in [0.1, 0.15) is 0 Å². The molecular formula is C17H37I2NO. The molecule has 0 amide bonds. The number of aliphatic hydroxyl groups excluding tert-OH is 1. The van der Waals surface area contributed by atoms with Gasteiger partial charge in [-0.15, -0.1) is 24.0 Å². The summed E-state index contributed by atoms with van der Waals surface area (Å²) in [5.74, 6) is 0.872. The minimum atomic E-state index is -0.224. The van der Waals surface area contributed by atoms with Gasteiger partial charge >= 0.3 is 0 Å². The fraction of sp³-hybridized carbons (Fsp3) is 1.00. The molecule has 0 saturated carbocycles. The first-order valence-corrected chi connectivity index (χ1v) is 9.79. The summed E-state index contributed by atoms with van der Waals surface area (Å²) in [4.78, 5) is 0. The number of halogens is 2. The molecule has 2 atom stereocenters. The summed E-state index contributed by atoms with van der Waals surface area (Å²) in [6, 6.07) is 0. The molecule has 0 aromatic rings. The van der Waals surface area contributed by atoms with Crippen LogP contribution in [-0.2, 0) is 0 Å². The minimum Gasteiger partial charge on any atom is -0.392 e. The van der Waals surface area contributed by atoms with E-state index in [2.05, 4.69) is 41.8 Å². The predicted octanol–water partition coefficient (Wildman–Crippen LogP) is 5.55. The van der Waals surface area contributed by atoms with Crippen molar-refractivity contribution in [3.05, 3.63) is 0 Å². The summed E-state index contributed by atoms with van der Waals surface area (Å²) in [6.45, 7) is 8.22. The molecule has 4 heteroatoms. The number of hydrogen-bond donors (Lipinski definition) is 2. The summed E-state index contributed by atoms with van der Waals surface area (Å²) in [6.07, 6.45) is 12.2. The maximum absolute atomic E-state index is 9.15. The first kappa shape index (κ1) is 24.6. The van der Waals surface area contributed by atoms with E-state index in [9.17, 15) is 0 Å². The molecule has 0 spiro atoms. The molecule has 0 bridgehead atoms. The monoisotopic (exact) mass is 525 g/mol. The van der Waals surface area contributed by atoms with Crippen LogP contribution in [0.3, 0.4) is 0 Å². The zero-order valence-corrected chi connectivity index (χ0v) is 18.7. The van der Waals surface area contributed by atoms with Crippen molar-refractivity contribution in [2.24, 2.45) is 5.92 Å². The minimum absolute atomic E-state index is 0. The molecular weight excluding hydrogens is 488 g/mol. The van der Waals surface area contributed by atoms with Crippen LogP contribution in [0.1, 0.15) is 78.6 Å². The Balaban J connectivity index is 0. The van der Waals surface area contributed by atoms with Crippen molar-refractivity contribution in [3.63, 3.8) is 0 Å². The second kappa shape index (κ2) is 17.7. The van der Waals surface area contributed by atoms with Crippen molar-refractivity contribution < 1.29 is 5.11 Å². The van der Waals surface area contributed by atoms with Crippen LogP contribution in [-0.4, -0.2) is 28.2 Å². The molecule has 0 saturated heterocycles. The second-order valence-electron chi connectivity index (χ2n) is 6.53. The molecule has 0 aliphatic heterocycles. The van der Waals surface area contributed by atoms with Crippen LogP contribution >= 0.6 is 46.6 Å². The first-order valence-electron chi connectivity index (χ1n) is 8.55. The third kappa shape index (κ3) is 21.4. The molecule has 0 fully saturated rings. The topological polar surface area (TPSA) is 32.3 Å². The van der Waals surface area contributed by atoms with E-state index < -0.39 is 0 Å². The van der Waals surface area contributed by atoms with E-state index in [-0.39, 0.29) is 30.1 Å². The second-order valence-corrected chi connectivity index (χ2v) is 8.29. The van der Waals surface area contributed by atoms with Crippen LogP contribution in [0.4, 0.5) is 0 Å². The number of aliphatic hydroxyl groups is 1. The van der Waals surface area contributed by atoms with Crippen molar-refractivity contribution in [2.75, 3.05) is 13.1 Å². The molecule has 0 aromatic carbocycles. The zero-order valence-electron chi connectivity index (χ0n) is 14.2. The average Bonchev–Trinajstić information content (AvgIpc) is 2.37. The Hall–Kier alpha value is 1.38. The Morgan fingerprint density at radius 2 is 1.38 bits per heavy atom. The molecule has 21 heavy (non-hydrogen) atoms. The van der Waals surface area contributed by atoms with E-state index in [1.165, 1.54) is 57.8 Å². The van der Waals surface area contributed by atoms with Gasteiger partial charge in [-0.25, -0.2) is 0 Å². The maximum Gasteiger partial charge on any atom is 0.0636 e. The average molecular weight is 525 g/mol. The van der Waals surface area contributed by atoms with E-state index in [0.29, 0.717) is 0 Å². The van der Waals surface area contributed by atoms with Crippen molar-refractivity contribution in [1.82, 2.24) is 5.32 Å². The van der Waals surface area contributed by atoms with E-state index in [1.807, 2.05) is 6.92 Å². The SMILES string of the molecule is CC(C)CCCCCCCCC(I)CCNCC(C)O.I. The number of alkyl halides is 1. The largest absolute Gasteiger partial charge is 0.392 e. The van der Waals surface area contributed by atoms with Gasteiger partial charge in [-0.3, -0.25) is 0 Å². The normalized spacial score (nSPS) is 14.0. The number of hydrogen-bond acceptors (Lipinski definition) is 2. The van der Waals surface area contributed by atoms with Crippen molar-refractivity contribution in [2.45, 2.75) is 88.6 Å². The van der Waals surface area contributed by atoms with Crippen molar-refractivity contribution >= 4 is 46.6 Å². The predicted molar refractivity (Wildman–Crippen MR) is 114 cm³/mol. The highest BCUT2D eigenvalue weighted by Gasteiger charge is 2.04. The summed E-state index contributed by atoms with van der Waals surface area (Å²) in [5, 5.41) is 12.4. The van der Waals surface area contributed by atoms with E-state index in [1.54, 1.807) is 0 Å². The van der Waals surface area contributed by atoms with Gasteiger partial charge in [0, 0.05) is 10.5 Å². The van der Waals surface area contributed by atoms with Crippen LogP contribution in [0.15, 0.2) is 0 Å². The molecule has 130 valence electrons. The Kier molecular flexibility index (Phi) is 20.8. The van der Waals surface area contributed by atoms with Gasteiger partial charge in [0.15, 0.2) is 0 Å². The molecule has 2 nitrogen and oxygen atoms in total. The molecule has 0 heterocycles. The third-order valence-electron chi connectivity index (χ3n) is 3.62. The summed E-state index contributed by atoms with van der Waals surface area (Å²) in [7, 11) is 0. The number of rotatable bonds is 14. The van der Waals surface area contributed by atoms with E-state index >= 15 is 0 Å². The van der Waals surface area contributed by atoms with Crippen LogP contribution in [0.5, 0.6) is 0 Å². The molecule has 0 rings (SSSR count). The van der Waals surface area contributed by atoms with Gasteiger partial charge in [0.05, 0.1) is 6.10 Å². The lowest BCUT2D eigenvalue weighted by molar-refractivity contribution is 0.191. The van der Waals surface area contributed by atoms with Crippen LogP contribution in [0.25, 0.3) is 0 Å². The molecule has 0 aliphatic rings. The highest BCUT2D eigenvalue weighted by Crippen LogP contribution is 2.16. The fourth-order valence-electron chi connectivity index (χ4n) is 2.34. The van der Waals surface area contributed by atoms with Gasteiger partial charge < -0.3 is 10.4 Å². The summed E-state index contributed by atoms with van der Waals surface area (Å²) < 4.78 is 0.787. The van der Waals surface area contributed by atoms with Gasteiger partial charge in [0.2, 0.25) is 0 Å². The Bertz CT molecular complexity index is 201. The van der Waals surface area contributed by atoms with Crippen molar-refractivity contribution in [3.8, 4) is 0 Å². The van der Waals surface area contributed by atoms with Crippen molar-refractivity contribution in [1.29, 1.82) is 0 Å². The van der Waals surface area contributed by atoms with Gasteiger partial charge in [0.25, 0.3) is 0 Å². The molecule has 2 unspecified atom stereocenters. The molecule has 2 N–H and O–H groups in total. The lowest BCUT2D eigenvalue weighted by Crippen LogP contribution is -2.26. The quantitative estimate of drug-likeness (QED) is 0.177. The van der Waals surface area contributed by atoms with Gasteiger partial charge in [-0.1, -0.05) is 81.4 Å². The van der Waals surface area contributed by atoms with E-state index in [0.717, 1.165) is 22.9 Å².